The van der Waals surface area contributed by atoms with E-state index in [2.05, 4.69) is 20.7 Å². The third kappa shape index (κ3) is 3.48. The van der Waals surface area contributed by atoms with Crippen molar-refractivity contribution in [1.82, 2.24) is 0 Å². The molecule has 18 heavy (non-hydrogen) atoms. The van der Waals surface area contributed by atoms with Crippen LogP contribution >= 0.6 is 15.9 Å². The summed E-state index contributed by atoms with van der Waals surface area (Å²) in [6.45, 7) is 0. The second kappa shape index (κ2) is 6.06. The molecule has 0 spiro atoms. The molecule has 3 nitrogen and oxygen atoms in total. The molecule has 0 bridgehead atoms. The van der Waals surface area contributed by atoms with Crippen LogP contribution in [0.1, 0.15) is 31.2 Å². The zero-order valence-electron chi connectivity index (χ0n) is 10.2. The van der Waals surface area contributed by atoms with Gasteiger partial charge < -0.3 is 0 Å². The number of nitrogens with one attached hydrogen (secondary N) is 1. The standard InChI is InChI=1S/C13H18BrNO2S/c14-10-9-11-5-7-12(8-6-11)15-18(16,17)13-3-1-2-4-13/h5-8,13,15H,1-4,9-10H2. The molecule has 1 aliphatic rings. The molecule has 1 saturated carbocycles. The highest BCUT2D eigenvalue weighted by atomic mass is 79.9. The van der Waals surface area contributed by atoms with Gasteiger partial charge in [0.1, 0.15) is 0 Å². The molecule has 1 fully saturated rings. The number of benzene rings is 1. The third-order valence-electron chi connectivity index (χ3n) is 3.34. The topological polar surface area (TPSA) is 46.2 Å². The maximum absolute atomic E-state index is 12.1. The highest BCUT2D eigenvalue weighted by molar-refractivity contribution is 9.09. The van der Waals surface area contributed by atoms with Crippen molar-refractivity contribution < 1.29 is 8.42 Å². The quantitative estimate of drug-likeness (QED) is 0.841. The maximum atomic E-state index is 12.1. The Morgan fingerprint density at radius 1 is 1.17 bits per heavy atom. The molecule has 1 aromatic rings. The van der Waals surface area contributed by atoms with Crippen LogP contribution in [0.4, 0.5) is 5.69 Å². The van der Waals surface area contributed by atoms with Crippen LogP contribution in [0.5, 0.6) is 0 Å². The van der Waals surface area contributed by atoms with E-state index >= 15 is 0 Å². The van der Waals surface area contributed by atoms with E-state index in [1.54, 1.807) is 0 Å². The van der Waals surface area contributed by atoms with Crippen molar-refractivity contribution in [2.24, 2.45) is 0 Å². The summed E-state index contributed by atoms with van der Waals surface area (Å²) in [5.41, 5.74) is 1.87. The molecular weight excluding hydrogens is 314 g/mol. The minimum atomic E-state index is -3.20. The van der Waals surface area contributed by atoms with Gasteiger partial charge in [0.05, 0.1) is 5.25 Å². The Bertz CT molecular complexity index is 478. The smallest absolute Gasteiger partial charge is 0.235 e. The van der Waals surface area contributed by atoms with Crippen molar-refractivity contribution in [2.75, 3.05) is 10.1 Å². The summed E-state index contributed by atoms with van der Waals surface area (Å²) in [5, 5.41) is 0.708. The molecule has 0 unspecified atom stereocenters. The van der Waals surface area contributed by atoms with Crippen molar-refractivity contribution in [1.29, 1.82) is 0 Å². The summed E-state index contributed by atoms with van der Waals surface area (Å²) in [6, 6.07) is 7.61. The molecular formula is C13H18BrNO2S. The Hall–Kier alpha value is -0.550. The van der Waals surface area contributed by atoms with E-state index in [-0.39, 0.29) is 5.25 Å². The van der Waals surface area contributed by atoms with Crippen LogP contribution in [0.3, 0.4) is 0 Å². The summed E-state index contributed by atoms with van der Waals surface area (Å²) in [4.78, 5) is 0. The van der Waals surface area contributed by atoms with E-state index < -0.39 is 10.0 Å². The minimum absolute atomic E-state index is 0.209. The molecule has 1 aliphatic carbocycles. The van der Waals surface area contributed by atoms with Gasteiger partial charge in [-0.05, 0) is 37.0 Å². The van der Waals surface area contributed by atoms with Gasteiger partial charge in [0.2, 0.25) is 10.0 Å². The number of hydrogen-bond acceptors (Lipinski definition) is 2. The first-order chi connectivity index (χ1) is 8.62. The average molecular weight is 332 g/mol. The fraction of sp³-hybridized carbons (Fsp3) is 0.538. The zero-order chi connectivity index (χ0) is 13.0. The summed E-state index contributed by atoms with van der Waals surface area (Å²) < 4.78 is 26.9. The molecule has 0 saturated heterocycles. The van der Waals surface area contributed by atoms with Gasteiger partial charge >= 0.3 is 0 Å². The summed E-state index contributed by atoms with van der Waals surface area (Å²) in [5.74, 6) is 0. The number of anilines is 1. The Morgan fingerprint density at radius 2 is 1.78 bits per heavy atom. The van der Waals surface area contributed by atoms with Crippen LogP contribution in [0.2, 0.25) is 0 Å². The molecule has 0 amide bonds. The van der Waals surface area contributed by atoms with Crippen LogP contribution in [0.15, 0.2) is 24.3 Å². The fourth-order valence-corrected chi connectivity index (χ4v) is 4.34. The predicted molar refractivity (Wildman–Crippen MR) is 78.7 cm³/mol. The largest absolute Gasteiger partial charge is 0.283 e. The van der Waals surface area contributed by atoms with E-state index in [9.17, 15) is 8.42 Å². The van der Waals surface area contributed by atoms with Crippen LogP contribution < -0.4 is 4.72 Å². The summed E-state index contributed by atoms with van der Waals surface area (Å²) in [6.07, 6.45) is 4.58. The number of alkyl halides is 1. The van der Waals surface area contributed by atoms with E-state index in [1.165, 1.54) is 5.56 Å². The predicted octanol–water partition coefficient (Wildman–Crippen LogP) is 3.31. The fourth-order valence-electron chi connectivity index (χ4n) is 2.29. The van der Waals surface area contributed by atoms with Crippen molar-refractivity contribution >= 4 is 31.6 Å². The van der Waals surface area contributed by atoms with E-state index in [0.717, 1.165) is 37.4 Å². The minimum Gasteiger partial charge on any atom is -0.283 e. The molecule has 100 valence electrons. The normalized spacial score (nSPS) is 16.9. The van der Waals surface area contributed by atoms with Gasteiger partial charge in [-0.2, -0.15) is 0 Å². The van der Waals surface area contributed by atoms with Crippen LogP contribution in [-0.4, -0.2) is 19.0 Å². The molecule has 2 rings (SSSR count). The number of hydrogen-bond donors (Lipinski definition) is 1. The second-order valence-electron chi connectivity index (χ2n) is 4.69. The zero-order valence-corrected chi connectivity index (χ0v) is 12.6. The molecule has 0 heterocycles. The van der Waals surface area contributed by atoms with Gasteiger partial charge in [0.15, 0.2) is 0 Å². The van der Waals surface area contributed by atoms with Crippen molar-refractivity contribution in [3.8, 4) is 0 Å². The van der Waals surface area contributed by atoms with Crippen LogP contribution in [0, 0.1) is 0 Å². The number of aryl methyl sites for hydroxylation is 1. The van der Waals surface area contributed by atoms with E-state index in [1.807, 2.05) is 24.3 Å². The Labute approximate surface area is 117 Å². The van der Waals surface area contributed by atoms with Gasteiger partial charge in [-0.1, -0.05) is 40.9 Å². The highest BCUT2D eigenvalue weighted by Gasteiger charge is 2.28. The lowest BCUT2D eigenvalue weighted by atomic mass is 10.2. The molecule has 1 aromatic carbocycles. The van der Waals surface area contributed by atoms with Crippen molar-refractivity contribution in [2.45, 2.75) is 37.4 Å². The molecule has 0 aromatic heterocycles. The molecule has 0 atom stereocenters. The van der Waals surface area contributed by atoms with Crippen molar-refractivity contribution in [3.63, 3.8) is 0 Å². The first-order valence-corrected chi connectivity index (χ1v) is 8.95. The van der Waals surface area contributed by atoms with Gasteiger partial charge in [-0.25, -0.2) is 8.42 Å². The van der Waals surface area contributed by atoms with Gasteiger partial charge in [0.25, 0.3) is 0 Å². The molecule has 0 aliphatic heterocycles. The highest BCUT2D eigenvalue weighted by Crippen LogP contribution is 2.26. The third-order valence-corrected chi connectivity index (χ3v) is 5.60. The number of halogens is 1. The number of rotatable bonds is 5. The second-order valence-corrected chi connectivity index (χ2v) is 7.44. The van der Waals surface area contributed by atoms with E-state index in [0.29, 0.717) is 5.69 Å². The Balaban J connectivity index is 2.04. The van der Waals surface area contributed by atoms with Crippen molar-refractivity contribution in [3.05, 3.63) is 29.8 Å². The summed E-state index contributed by atoms with van der Waals surface area (Å²) >= 11 is 3.39. The lowest BCUT2D eigenvalue weighted by Crippen LogP contribution is -2.25. The maximum Gasteiger partial charge on any atom is 0.235 e. The first kappa shape index (κ1) is 13.9. The van der Waals surface area contributed by atoms with Crippen LogP contribution in [-0.2, 0) is 16.4 Å². The molecule has 5 heteroatoms. The lowest BCUT2D eigenvalue weighted by Gasteiger charge is -2.13. The monoisotopic (exact) mass is 331 g/mol. The Kier molecular flexibility index (Phi) is 4.67. The molecule has 0 radical (unpaired) electrons. The SMILES string of the molecule is O=S(=O)(Nc1ccc(CCBr)cc1)C1CCCC1. The van der Waals surface area contributed by atoms with Gasteiger partial charge in [-0.3, -0.25) is 4.72 Å². The van der Waals surface area contributed by atoms with Gasteiger partial charge in [0, 0.05) is 11.0 Å². The average Bonchev–Trinajstić information content (AvgIpc) is 2.86. The van der Waals surface area contributed by atoms with E-state index in [4.69, 9.17) is 0 Å². The van der Waals surface area contributed by atoms with Crippen LogP contribution in [0.25, 0.3) is 0 Å². The number of sulfonamides is 1. The summed E-state index contributed by atoms with van der Waals surface area (Å²) in [7, 11) is -3.20. The Morgan fingerprint density at radius 3 is 2.33 bits per heavy atom. The lowest BCUT2D eigenvalue weighted by molar-refractivity contribution is 0.585. The first-order valence-electron chi connectivity index (χ1n) is 6.28. The molecule has 1 N–H and O–H groups in total. The van der Waals surface area contributed by atoms with Gasteiger partial charge in [-0.15, -0.1) is 0 Å².